The standard InChI is InChI=1S/C13H18N2O2S/c1-3-6-13(17)8-15(9-13)12(16)10-5-4-7-14-11(10)18-2/h4-5,7,17H,3,6,8-9H2,1-2H3. The zero-order chi connectivity index (χ0) is 13.2. The van der Waals surface area contributed by atoms with Crippen LogP contribution in [0.1, 0.15) is 30.1 Å². The van der Waals surface area contributed by atoms with Gasteiger partial charge in [0.2, 0.25) is 0 Å². The fraction of sp³-hybridized carbons (Fsp3) is 0.538. The van der Waals surface area contributed by atoms with Gasteiger partial charge < -0.3 is 10.0 Å². The van der Waals surface area contributed by atoms with Gasteiger partial charge in [0.15, 0.2) is 0 Å². The molecule has 1 aliphatic heterocycles. The highest BCUT2D eigenvalue weighted by Gasteiger charge is 2.43. The summed E-state index contributed by atoms with van der Waals surface area (Å²) in [5, 5.41) is 10.8. The van der Waals surface area contributed by atoms with Crippen LogP contribution in [0.15, 0.2) is 23.4 Å². The van der Waals surface area contributed by atoms with Gasteiger partial charge in [-0.05, 0) is 24.8 Å². The van der Waals surface area contributed by atoms with Gasteiger partial charge in [0.1, 0.15) is 5.03 Å². The molecule has 1 aromatic rings. The third-order valence-corrected chi connectivity index (χ3v) is 3.88. The molecule has 1 amide bonds. The van der Waals surface area contributed by atoms with E-state index in [0.29, 0.717) is 18.7 Å². The van der Waals surface area contributed by atoms with Crippen molar-refractivity contribution in [2.45, 2.75) is 30.4 Å². The number of thioether (sulfide) groups is 1. The number of hydrogen-bond donors (Lipinski definition) is 1. The highest BCUT2D eigenvalue weighted by atomic mass is 32.2. The number of carbonyl (C=O) groups excluding carboxylic acids is 1. The summed E-state index contributed by atoms with van der Waals surface area (Å²) >= 11 is 1.46. The molecule has 1 aromatic heterocycles. The van der Waals surface area contributed by atoms with Crippen LogP contribution in [0.5, 0.6) is 0 Å². The monoisotopic (exact) mass is 266 g/mol. The van der Waals surface area contributed by atoms with Crippen molar-refractivity contribution in [3.8, 4) is 0 Å². The van der Waals surface area contributed by atoms with Crippen LogP contribution < -0.4 is 0 Å². The second-order valence-corrected chi connectivity index (χ2v) is 5.49. The first-order valence-electron chi connectivity index (χ1n) is 6.10. The molecule has 1 N–H and O–H groups in total. The Labute approximate surface area is 111 Å². The van der Waals surface area contributed by atoms with Gasteiger partial charge >= 0.3 is 0 Å². The van der Waals surface area contributed by atoms with Crippen LogP contribution in [0.3, 0.4) is 0 Å². The van der Waals surface area contributed by atoms with Crippen molar-refractivity contribution >= 4 is 17.7 Å². The van der Waals surface area contributed by atoms with Crippen molar-refractivity contribution in [3.63, 3.8) is 0 Å². The molecule has 0 saturated carbocycles. The maximum Gasteiger partial charge on any atom is 0.256 e. The molecule has 0 radical (unpaired) electrons. The lowest BCUT2D eigenvalue weighted by molar-refractivity contribution is -0.0861. The molecule has 0 unspecified atom stereocenters. The molecule has 0 aliphatic carbocycles. The highest BCUT2D eigenvalue weighted by molar-refractivity contribution is 7.98. The molecule has 18 heavy (non-hydrogen) atoms. The normalized spacial score (nSPS) is 17.4. The Balaban J connectivity index is 2.06. The number of pyridine rings is 1. The minimum Gasteiger partial charge on any atom is -0.386 e. The maximum atomic E-state index is 12.3. The minimum absolute atomic E-state index is 0.0340. The average molecular weight is 266 g/mol. The second kappa shape index (κ2) is 5.28. The lowest BCUT2D eigenvalue weighted by Crippen LogP contribution is -2.63. The van der Waals surface area contributed by atoms with Crippen LogP contribution in [0.25, 0.3) is 0 Å². The van der Waals surface area contributed by atoms with Gasteiger partial charge in [-0.3, -0.25) is 4.79 Å². The van der Waals surface area contributed by atoms with Crippen molar-refractivity contribution in [2.75, 3.05) is 19.3 Å². The molecule has 0 spiro atoms. The first kappa shape index (κ1) is 13.4. The van der Waals surface area contributed by atoms with E-state index in [1.807, 2.05) is 13.2 Å². The molecule has 1 saturated heterocycles. The summed E-state index contributed by atoms with van der Waals surface area (Å²) in [4.78, 5) is 18.1. The van der Waals surface area contributed by atoms with E-state index in [9.17, 15) is 9.90 Å². The predicted octanol–water partition coefficient (Wildman–Crippen LogP) is 1.79. The zero-order valence-corrected chi connectivity index (χ0v) is 11.5. The fourth-order valence-electron chi connectivity index (χ4n) is 2.32. The molecular formula is C13H18N2O2S. The van der Waals surface area contributed by atoms with E-state index in [1.54, 1.807) is 23.2 Å². The van der Waals surface area contributed by atoms with Crippen molar-refractivity contribution in [1.29, 1.82) is 0 Å². The molecule has 0 aromatic carbocycles. The van der Waals surface area contributed by atoms with Gasteiger partial charge in [0, 0.05) is 6.20 Å². The molecule has 5 heteroatoms. The number of β-amino-alcohol motifs (C(OH)–C–C–N with tert-alkyl or cyclic N) is 1. The van der Waals surface area contributed by atoms with Crippen LogP contribution in [-0.4, -0.2) is 45.8 Å². The molecule has 1 aliphatic rings. The topological polar surface area (TPSA) is 53.4 Å². The molecular weight excluding hydrogens is 248 g/mol. The van der Waals surface area contributed by atoms with E-state index in [0.717, 1.165) is 17.9 Å². The molecule has 1 fully saturated rings. The minimum atomic E-state index is -0.674. The van der Waals surface area contributed by atoms with E-state index in [-0.39, 0.29) is 5.91 Å². The van der Waals surface area contributed by atoms with Crippen LogP contribution in [0, 0.1) is 0 Å². The lowest BCUT2D eigenvalue weighted by atomic mass is 9.89. The van der Waals surface area contributed by atoms with Gasteiger partial charge in [-0.1, -0.05) is 13.3 Å². The first-order valence-corrected chi connectivity index (χ1v) is 7.33. The number of rotatable bonds is 4. The zero-order valence-electron chi connectivity index (χ0n) is 10.7. The average Bonchev–Trinajstić information content (AvgIpc) is 2.35. The van der Waals surface area contributed by atoms with Crippen LogP contribution in [0.4, 0.5) is 0 Å². The Bertz CT molecular complexity index is 444. The van der Waals surface area contributed by atoms with Crippen LogP contribution in [-0.2, 0) is 0 Å². The predicted molar refractivity (Wildman–Crippen MR) is 71.8 cm³/mol. The van der Waals surface area contributed by atoms with Gasteiger partial charge in [-0.25, -0.2) is 4.98 Å². The molecule has 4 nitrogen and oxygen atoms in total. The molecule has 0 atom stereocenters. The van der Waals surface area contributed by atoms with E-state index >= 15 is 0 Å². The quantitative estimate of drug-likeness (QED) is 0.844. The smallest absolute Gasteiger partial charge is 0.256 e. The van der Waals surface area contributed by atoms with Gasteiger partial charge in [-0.2, -0.15) is 0 Å². The van der Waals surface area contributed by atoms with Crippen LogP contribution >= 0.6 is 11.8 Å². The Morgan fingerprint density at radius 1 is 1.61 bits per heavy atom. The van der Waals surface area contributed by atoms with E-state index in [1.165, 1.54) is 11.8 Å². The lowest BCUT2D eigenvalue weighted by Gasteiger charge is -2.46. The van der Waals surface area contributed by atoms with E-state index in [4.69, 9.17) is 0 Å². The second-order valence-electron chi connectivity index (χ2n) is 4.70. The third kappa shape index (κ3) is 2.52. The van der Waals surface area contributed by atoms with Crippen molar-refractivity contribution < 1.29 is 9.90 Å². The summed E-state index contributed by atoms with van der Waals surface area (Å²) < 4.78 is 0. The summed E-state index contributed by atoms with van der Waals surface area (Å²) in [6.07, 6.45) is 5.27. The van der Waals surface area contributed by atoms with Crippen molar-refractivity contribution in [2.24, 2.45) is 0 Å². The number of carbonyl (C=O) groups is 1. The van der Waals surface area contributed by atoms with E-state index < -0.39 is 5.60 Å². The van der Waals surface area contributed by atoms with Gasteiger partial charge in [-0.15, -0.1) is 11.8 Å². The van der Waals surface area contributed by atoms with E-state index in [2.05, 4.69) is 4.98 Å². The largest absolute Gasteiger partial charge is 0.386 e. The number of likely N-dealkylation sites (tertiary alicyclic amines) is 1. The molecule has 98 valence electrons. The number of nitrogens with zero attached hydrogens (tertiary/aromatic N) is 2. The number of aromatic nitrogens is 1. The summed E-state index contributed by atoms with van der Waals surface area (Å²) in [7, 11) is 0. The Kier molecular flexibility index (Phi) is 3.92. The Morgan fingerprint density at radius 2 is 2.33 bits per heavy atom. The van der Waals surface area contributed by atoms with Crippen molar-refractivity contribution in [3.05, 3.63) is 23.9 Å². The Hall–Kier alpha value is -1.07. The summed E-state index contributed by atoms with van der Waals surface area (Å²) in [6, 6.07) is 3.56. The molecule has 2 heterocycles. The summed E-state index contributed by atoms with van der Waals surface area (Å²) in [5.74, 6) is -0.0340. The maximum absolute atomic E-state index is 12.3. The number of hydrogen-bond acceptors (Lipinski definition) is 4. The third-order valence-electron chi connectivity index (χ3n) is 3.17. The number of aliphatic hydroxyl groups is 1. The van der Waals surface area contributed by atoms with Gasteiger partial charge in [0.25, 0.3) is 5.91 Å². The summed E-state index contributed by atoms with van der Waals surface area (Å²) in [5.41, 5.74) is -0.0462. The molecule has 0 bridgehead atoms. The molecule has 2 rings (SSSR count). The first-order chi connectivity index (χ1) is 8.59. The highest BCUT2D eigenvalue weighted by Crippen LogP contribution is 2.28. The fourth-order valence-corrected chi connectivity index (χ4v) is 2.86. The van der Waals surface area contributed by atoms with Crippen molar-refractivity contribution in [1.82, 2.24) is 9.88 Å². The number of amides is 1. The Morgan fingerprint density at radius 3 is 2.94 bits per heavy atom. The summed E-state index contributed by atoms with van der Waals surface area (Å²) in [6.45, 7) is 2.90. The SMILES string of the molecule is CCCC1(O)CN(C(=O)c2cccnc2SC)C1. The van der Waals surface area contributed by atoms with Gasteiger partial charge in [0.05, 0.1) is 24.3 Å². The van der Waals surface area contributed by atoms with Crippen LogP contribution in [0.2, 0.25) is 0 Å².